The Labute approximate surface area is 496 Å². The van der Waals surface area contributed by atoms with Gasteiger partial charge in [-0.1, -0.05) is 194 Å². The molecule has 1 aliphatic heterocycles. The third-order valence-corrected chi connectivity index (χ3v) is 13.2. The number of rotatable bonds is 70. The minimum atomic E-state index is -1.10. The van der Waals surface area contributed by atoms with Crippen molar-refractivity contribution in [3.63, 3.8) is 0 Å². The van der Waals surface area contributed by atoms with E-state index in [4.69, 9.17) is 84.6 Å². The van der Waals surface area contributed by atoms with Crippen LogP contribution in [0.1, 0.15) is 220 Å². The van der Waals surface area contributed by atoms with Crippen molar-refractivity contribution in [1.82, 2.24) is 0 Å². The van der Waals surface area contributed by atoms with Gasteiger partial charge in [-0.25, -0.2) is 0 Å². The predicted octanol–water partition coefficient (Wildman–Crippen LogP) is 12.2. The normalized spacial score (nSPS) is 12.8. The maximum Gasteiger partial charge on any atom is 0.615 e. The van der Waals surface area contributed by atoms with Crippen molar-refractivity contribution in [2.75, 3.05) is 165 Å². The van der Waals surface area contributed by atoms with E-state index < -0.39 is 22.0 Å². The van der Waals surface area contributed by atoms with Gasteiger partial charge in [0.2, 0.25) is 0 Å². The Morgan fingerprint density at radius 1 is 0.198 bits per heavy atom. The lowest BCUT2D eigenvalue weighted by atomic mass is 9.96. The Morgan fingerprint density at radius 3 is 0.580 bits per heavy atom. The van der Waals surface area contributed by atoms with Gasteiger partial charge < -0.3 is 84.6 Å². The van der Waals surface area contributed by atoms with Crippen LogP contribution in [0.3, 0.4) is 0 Å². The lowest BCUT2D eigenvalue weighted by Crippen LogP contribution is -2.53. The monoisotopic (exact) mass is 1160 g/mol. The molecule has 1 saturated heterocycles. The third kappa shape index (κ3) is 66.6. The maximum absolute atomic E-state index is 8.00. The Hall–Kier alpha value is -0.815. The number of hydrogen-bond donors (Lipinski definition) is 0. The summed E-state index contributed by atoms with van der Waals surface area (Å²) in [5.41, 5.74) is 0. The zero-order valence-corrected chi connectivity index (χ0v) is 52.4. The summed E-state index contributed by atoms with van der Waals surface area (Å²) in [5, 5.41) is 0. The molecule has 0 aromatic rings. The minimum Gasteiger partial charge on any atom is -0.400 e. The predicted molar refractivity (Wildman–Crippen MR) is 325 cm³/mol. The lowest BCUT2D eigenvalue weighted by Gasteiger charge is -2.28. The summed E-state index contributed by atoms with van der Waals surface area (Å²) in [4.78, 5) is 8.00. The molecule has 1 rings (SSSR count). The Bertz CT molecular complexity index is 1080. The Kier molecular flexibility index (Phi) is 72.7. The average molecular weight is 1170 g/mol. The molecule has 0 spiro atoms. The van der Waals surface area contributed by atoms with Gasteiger partial charge in [0.1, 0.15) is 6.79 Å². The summed E-state index contributed by atoms with van der Waals surface area (Å²) < 4.78 is 97.2. The van der Waals surface area contributed by atoms with Gasteiger partial charge in [-0.15, -0.1) is 0 Å². The summed E-state index contributed by atoms with van der Waals surface area (Å²) in [7, 11) is -3.27. The second-order valence-electron chi connectivity index (χ2n) is 20.5. The van der Waals surface area contributed by atoms with Crippen LogP contribution in [0.5, 0.6) is 0 Å². The fourth-order valence-electron chi connectivity index (χ4n) is 8.49. The fourth-order valence-corrected chi connectivity index (χ4v) is 8.49. The molecule has 0 aliphatic carbocycles. The quantitative estimate of drug-likeness (QED) is 0.0415. The van der Waals surface area contributed by atoms with Crippen LogP contribution in [0.25, 0.3) is 0 Å². The highest BCUT2D eigenvalue weighted by Crippen LogP contribution is 2.15. The van der Waals surface area contributed by atoms with Crippen molar-refractivity contribution in [2.45, 2.75) is 220 Å². The van der Waals surface area contributed by atoms with Crippen molar-refractivity contribution in [1.29, 1.82) is 0 Å². The van der Waals surface area contributed by atoms with Crippen LogP contribution in [0.2, 0.25) is 0 Å². The Balaban J connectivity index is 0.0000316. The lowest BCUT2D eigenvalue weighted by molar-refractivity contribution is -0.0980. The molecule has 0 atom stereocenters. The van der Waals surface area contributed by atoms with E-state index in [0.29, 0.717) is 139 Å². The van der Waals surface area contributed by atoms with E-state index in [-0.39, 0.29) is 13.2 Å². The van der Waals surface area contributed by atoms with Crippen LogP contribution in [0, 0.1) is 0 Å². The first kappa shape index (κ1) is 80.2. The molecule has 1 heterocycles. The number of hydrogen-bond acceptors (Lipinski definition) is 18. The van der Waals surface area contributed by atoms with Gasteiger partial charge in [-0.2, -0.15) is 0 Å². The second-order valence-corrected chi connectivity index (χ2v) is 20.5. The van der Waals surface area contributed by atoms with E-state index in [9.17, 15) is 0 Å². The smallest absolute Gasteiger partial charge is 0.400 e. The number of carbonyl (C=O) groups excluding carboxylic acids is 1. The first-order valence-corrected chi connectivity index (χ1v) is 32.7. The molecule has 0 aromatic carbocycles. The van der Waals surface area contributed by atoms with E-state index in [2.05, 4.69) is 20.8 Å². The molecule has 18 nitrogen and oxygen atoms in total. The standard InChI is InChI=1S/C59H121B3O17.CH2O/c1-4-7-10-13-16-19-22-25-28-31-35-63-40-44-67-47-43-66-38-34-39-74-60-77-61(75-58-56-72-54-52-70-50-48-68-45-41-64-36-32-29-26-23-20-17-14-11-8-5-2)79-62(78-60)76-59-57-73-55-53-71-51-49-69-46-42-65-37-33-30-27-24-21-18-15-12-9-6-3;1-2/h4-59H2,1-3H3;1H2. The molecule has 0 N–H and O–H groups in total. The van der Waals surface area contributed by atoms with Crippen LogP contribution >= 0.6 is 0 Å². The molecule has 1 fully saturated rings. The highest BCUT2D eigenvalue weighted by Gasteiger charge is 2.46. The average Bonchev–Trinajstić information content (AvgIpc) is 3.49. The van der Waals surface area contributed by atoms with Crippen LogP contribution in [-0.2, 0) is 84.6 Å². The topological polar surface area (TPSA) is 174 Å². The number of unbranched alkanes of at least 4 members (excludes halogenated alkanes) is 27. The van der Waals surface area contributed by atoms with Crippen molar-refractivity contribution in [3.8, 4) is 0 Å². The van der Waals surface area contributed by atoms with Crippen LogP contribution in [-0.4, -0.2) is 194 Å². The summed E-state index contributed by atoms with van der Waals surface area (Å²) in [6, 6.07) is 0. The fraction of sp³-hybridized carbons (Fsp3) is 0.983. The second kappa shape index (κ2) is 73.4. The van der Waals surface area contributed by atoms with Gasteiger partial charge in [0.25, 0.3) is 0 Å². The molecule has 0 bridgehead atoms. The first-order chi connectivity index (χ1) is 40.3. The molecule has 0 radical (unpaired) electrons. The molecule has 81 heavy (non-hydrogen) atoms. The largest absolute Gasteiger partial charge is 0.615 e. The van der Waals surface area contributed by atoms with Crippen LogP contribution < -0.4 is 0 Å². The zero-order valence-electron chi connectivity index (χ0n) is 52.4. The van der Waals surface area contributed by atoms with Gasteiger partial charge in [-0.05, 0) is 25.7 Å². The first-order valence-electron chi connectivity index (χ1n) is 32.7. The van der Waals surface area contributed by atoms with E-state index in [1.165, 1.54) is 173 Å². The molecule has 480 valence electrons. The van der Waals surface area contributed by atoms with Gasteiger partial charge in [0.15, 0.2) is 0 Å². The highest BCUT2D eigenvalue weighted by molar-refractivity contribution is 6.66. The maximum atomic E-state index is 8.00. The molecule has 1 aliphatic rings. The molecular formula is C60H123B3O18. The van der Waals surface area contributed by atoms with Crippen molar-refractivity contribution >= 4 is 28.8 Å². The van der Waals surface area contributed by atoms with Crippen molar-refractivity contribution in [2.24, 2.45) is 0 Å². The Morgan fingerprint density at radius 2 is 0.358 bits per heavy atom. The van der Waals surface area contributed by atoms with Crippen LogP contribution in [0.15, 0.2) is 0 Å². The summed E-state index contributed by atoms with van der Waals surface area (Å²) in [5.74, 6) is 0. The van der Waals surface area contributed by atoms with E-state index in [0.717, 1.165) is 39.1 Å². The van der Waals surface area contributed by atoms with Gasteiger partial charge in [-0.3, -0.25) is 0 Å². The number of carbonyl (C=O) groups is 1. The third-order valence-electron chi connectivity index (χ3n) is 13.2. The van der Waals surface area contributed by atoms with Gasteiger partial charge in [0, 0.05) is 33.0 Å². The SMILES string of the molecule is C=O.CCCCCCCCCCCCOCCOCCOCCCOB1OB(OCCOCCOCCOCCOCCCCCCCCCCCC)OB(OCCOCCOCCOCCOCCCCCCCCCCCC)O1. The van der Waals surface area contributed by atoms with E-state index >= 15 is 0 Å². The summed E-state index contributed by atoms with van der Waals surface area (Å²) in [6.07, 6.45) is 40.3. The molecule has 0 aromatic heterocycles. The molecule has 0 saturated carbocycles. The summed E-state index contributed by atoms with van der Waals surface area (Å²) in [6.45, 7) is 21.3. The van der Waals surface area contributed by atoms with E-state index in [1.54, 1.807) is 0 Å². The zero-order chi connectivity index (χ0) is 58.4. The highest BCUT2D eigenvalue weighted by atomic mass is 16.9. The molecule has 0 amide bonds. The minimum absolute atomic E-state index is 0.203. The van der Waals surface area contributed by atoms with Gasteiger partial charge in [0.05, 0.1) is 132 Å². The van der Waals surface area contributed by atoms with Crippen molar-refractivity contribution in [3.05, 3.63) is 0 Å². The molecule has 0 unspecified atom stereocenters. The van der Waals surface area contributed by atoms with Gasteiger partial charge >= 0.3 is 22.0 Å². The summed E-state index contributed by atoms with van der Waals surface area (Å²) >= 11 is 0. The molecular weight excluding hydrogens is 1040 g/mol. The van der Waals surface area contributed by atoms with Crippen molar-refractivity contribution < 1.29 is 84.6 Å². The van der Waals surface area contributed by atoms with E-state index in [1.807, 2.05) is 6.79 Å². The number of ether oxygens (including phenoxy) is 11. The van der Waals surface area contributed by atoms with Crippen LogP contribution in [0.4, 0.5) is 0 Å². The molecule has 21 heteroatoms.